The van der Waals surface area contributed by atoms with Gasteiger partial charge >= 0.3 is 5.97 Å². The first-order chi connectivity index (χ1) is 14.0. The largest absolute Gasteiger partial charge is 0.448 e. The fourth-order valence-corrected chi connectivity index (χ4v) is 4.22. The van der Waals surface area contributed by atoms with Gasteiger partial charge in [0.15, 0.2) is 6.10 Å². The average Bonchev–Trinajstić information content (AvgIpc) is 3.07. The summed E-state index contributed by atoms with van der Waals surface area (Å²) in [5, 5.41) is 2.20. The number of hydrogen-bond acceptors (Lipinski definition) is 5. The second-order valence-electron chi connectivity index (χ2n) is 6.42. The number of nitrogens with one attached hydrogen (secondary N) is 1. The number of rotatable bonds is 8. The lowest BCUT2D eigenvalue weighted by Crippen LogP contribution is -2.31. The molecule has 1 aromatic carbocycles. The highest BCUT2D eigenvalue weighted by atomic mass is 32.2. The highest BCUT2D eigenvalue weighted by molar-refractivity contribution is 7.89. The topological polar surface area (TPSA) is 97.7 Å². The van der Waals surface area contributed by atoms with Crippen LogP contribution in [0.3, 0.4) is 0 Å². The van der Waals surface area contributed by atoms with Crippen LogP contribution >= 0.6 is 0 Å². The summed E-state index contributed by atoms with van der Waals surface area (Å²) in [7, 11) is -2.31. The number of carbonyl (C=O) groups is 2. The second kappa shape index (κ2) is 9.35. The van der Waals surface area contributed by atoms with Gasteiger partial charge in [-0.1, -0.05) is 13.8 Å². The third-order valence-corrected chi connectivity index (χ3v) is 6.39. The van der Waals surface area contributed by atoms with Crippen LogP contribution in [0.1, 0.15) is 31.3 Å². The molecule has 8 nitrogen and oxygen atoms in total. The van der Waals surface area contributed by atoms with Gasteiger partial charge in [-0.15, -0.1) is 0 Å². The zero-order valence-electron chi connectivity index (χ0n) is 17.0. The summed E-state index contributed by atoms with van der Waals surface area (Å²) in [5.41, 5.74) is -0.343. The number of benzene rings is 1. The summed E-state index contributed by atoms with van der Waals surface area (Å²) in [4.78, 5) is 24.5. The number of ether oxygens (including phenoxy) is 1. The number of amides is 1. The molecule has 0 radical (unpaired) electrons. The maximum absolute atomic E-state index is 13.7. The van der Waals surface area contributed by atoms with Crippen molar-refractivity contribution in [3.63, 3.8) is 0 Å². The number of nitrogens with zero attached hydrogens (tertiary/aromatic N) is 2. The van der Waals surface area contributed by atoms with Gasteiger partial charge in [0, 0.05) is 32.4 Å². The van der Waals surface area contributed by atoms with Crippen LogP contribution in [0.2, 0.25) is 0 Å². The van der Waals surface area contributed by atoms with E-state index in [1.54, 1.807) is 13.8 Å². The normalized spacial score (nSPS) is 12.6. The summed E-state index contributed by atoms with van der Waals surface area (Å²) in [6.07, 6.45) is -0.0391. The predicted molar refractivity (Wildman–Crippen MR) is 105 cm³/mol. The van der Waals surface area contributed by atoms with E-state index in [2.05, 4.69) is 5.32 Å². The fraction of sp³-hybridized carbons (Fsp3) is 0.368. The van der Waals surface area contributed by atoms with Crippen molar-refractivity contribution < 1.29 is 31.5 Å². The lowest BCUT2D eigenvalue weighted by molar-refractivity contribution is -0.123. The molecule has 0 bridgehead atoms. The molecule has 1 amide bonds. The molecule has 1 aromatic heterocycles. The van der Waals surface area contributed by atoms with Crippen LogP contribution in [0.4, 0.5) is 14.5 Å². The molecule has 0 spiro atoms. The van der Waals surface area contributed by atoms with Crippen molar-refractivity contribution in [2.24, 2.45) is 7.05 Å². The van der Waals surface area contributed by atoms with E-state index in [0.29, 0.717) is 6.07 Å². The SMILES string of the molecule is CCN(CC)S(=O)(=O)c1cc(C(=O)OC(C)C(=O)Nc2ccc(F)cc2F)n(C)c1. The standard InChI is InChI=1S/C19H23F2N3O5S/c1-5-24(6-2)30(27,28)14-10-17(23(4)11-14)19(26)29-12(3)18(25)22-16-8-7-13(20)9-15(16)21/h7-12H,5-6H2,1-4H3,(H,22,25). The fourth-order valence-electron chi connectivity index (χ4n) is 2.69. The van der Waals surface area contributed by atoms with Gasteiger partial charge in [-0.2, -0.15) is 4.31 Å². The molecule has 164 valence electrons. The van der Waals surface area contributed by atoms with Gasteiger partial charge < -0.3 is 14.6 Å². The molecule has 0 fully saturated rings. The molecule has 2 aromatic rings. The molecule has 0 aliphatic carbocycles. The first kappa shape index (κ1) is 23.5. The number of aromatic nitrogens is 1. The van der Waals surface area contributed by atoms with Crippen molar-refractivity contribution in [3.05, 3.63) is 47.8 Å². The minimum absolute atomic E-state index is 0.0756. The van der Waals surface area contributed by atoms with Crippen molar-refractivity contribution in [3.8, 4) is 0 Å². The number of aryl methyl sites for hydroxylation is 1. The van der Waals surface area contributed by atoms with E-state index in [0.717, 1.165) is 12.1 Å². The van der Waals surface area contributed by atoms with Crippen LogP contribution in [-0.2, 0) is 26.6 Å². The van der Waals surface area contributed by atoms with Crippen molar-refractivity contribution in [1.29, 1.82) is 0 Å². The van der Waals surface area contributed by atoms with Crippen molar-refractivity contribution >= 4 is 27.6 Å². The zero-order chi connectivity index (χ0) is 22.6. The molecule has 2 rings (SSSR count). The Morgan fingerprint density at radius 1 is 1.20 bits per heavy atom. The lowest BCUT2D eigenvalue weighted by Gasteiger charge is -2.17. The molecule has 1 atom stereocenters. The monoisotopic (exact) mass is 443 g/mol. The third kappa shape index (κ3) is 5.03. The van der Waals surface area contributed by atoms with Gasteiger partial charge in [-0.25, -0.2) is 22.0 Å². The number of sulfonamides is 1. The van der Waals surface area contributed by atoms with Crippen molar-refractivity contribution in [2.75, 3.05) is 18.4 Å². The minimum atomic E-state index is -3.78. The Bertz CT molecular complexity index is 1050. The molecule has 0 aliphatic rings. The van der Waals surface area contributed by atoms with Crippen LogP contribution in [0, 0.1) is 11.6 Å². The van der Waals surface area contributed by atoms with Gasteiger partial charge in [0.25, 0.3) is 5.91 Å². The number of anilines is 1. The van der Waals surface area contributed by atoms with Gasteiger partial charge in [0.2, 0.25) is 10.0 Å². The molecule has 1 unspecified atom stereocenters. The predicted octanol–water partition coefficient (Wildman–Crippen LogP) is 2.52. The Morgan fingerprint density at radius 2 is 1.83 bits per heavy atom. The van der Waals surface area contributed by atoms with Crippen LogP contribution in [-0.4, -0.2) is 48.4 Å². The Kier molecular flexibility index (Phi) is 7.32. The van der Waals surface area contributed by atoms with E-state index in [1.807, 2.05) is 0 Å². The zero-order valence-corrected chi connectivity index (χ0v) is 17.8. The summed E-state index contributed by atoms with van der Waals surface area (Å²) < 4.78 is 59.4. The molecular weight excluding hydrogens is 420 g/mol. The first-order valence-corrected chi connectivity index (χ1v) is 10.6. The maximum atomic E-state index is 13.7. The van der Waals surface area contributed by atoms with E-state index < -0.39 is 39.6 Å². The Labute approximate surface area is 173 Å². The van der Waals surface area contributed by atoms with Crippen LogP contribution in [0.25, 0.3) is 0 Å². The van der Waals surface area contributed by atoms with E-state index >= 15 is 0 Å². The lowest BCUT2D eigenvalue weighted by atomic mass is 10.2. The molecule has 30 heavy (non-hydrogen) atoms. The molecular formula is C19H23F2N3O5S. The highest BCUT2D eigenvalue weighted by Crippen LogP contribution is 2.20. The van der Waals surface area contributed by atoms with Crippen molar-refractivity contribution in [2.45, 2.75) is 31.8 Å². The molecule has 0 saturated heterocycles. The number of halogens is 2. The van der Waals surface area contributed by atoms with Crippen LogP contribution in [0.5, 0.6) is 0 Å². The summed E-state index contributed by atoms with van der Waals surface area (Å²) in [6.45, 7) is 5.20. The Morgan fingerprint density at radius 3 is 2.40 bits per heavy atom. The third-order valence-electron chi connectivity index (χ3n) is 4.37. The number of carbonyl (C=O) groups excluding carboxylic acids is 2. The minimum Gasteiger partial charge on any atom is -0.448 e. The van der Waals surface area contributed by atoms with Crippen LogP contribution < -0.4 is 5.32 Å². The van der Waals surface area contributed by atoms with E-state index in [9.17, 15) is 26.8 Å². The highest BCUT2D eigenvalue weighted by Gasteiger charge is 2.27. The summed E-state index contributed by atoms with van der Waals surface area (Å²) in [6, 6.07) is 3.78. The first-order valence-electron chi connectivity index (χ1n) is 9.14. The molecule has 1 N–H and O–H groups in total. The van der Waals surface area contributed by atoms with Gasteiger partial charge in [0.05, 0.1) is 5.69 Å². The van der Waals surface area contributed by atoms with Gasteiger partial charge in [-0.05, 0) is 25.1 Å². The molecule has 0 saturated carbocycles. The molecule has 11 heteroatoms. The van der Waals surface area contributed by atoms with E-state index in [1.165, 1.54) is 35.1 Å². The van der Waals surface area contributed by atoms with E-state index in [4.69, 9.17) is 4.74 Å². The number of esters is 1. The van der Waals surface area contributed by atoms with E-state index in [-0.39, 0.29) is 29.4 Å². The second-order valence-corrected chi connectivity index (χ2v) is 8.36. The molecule has 1 heterocycles. The van der Waals surface area contributed by atoms with Gasteiger partial charge in [-0.3, -0.25) is 4.79 Å². The quantitative estimate of drug-likeness (QED) is 0.633. The van der Waals surface area contributed by atoms with Crippen LogP contribution in [0.15, 0.2) is 35.4 Å². The maximum Gasteiger partial charge on any atom is 0.355 e. The Balaban J connectivity index is 2.14. The smallest absolute Gasteiger partial charge is 0.355 e. The Hall–Kier alpha value is -2.79. The summed E-state index contributed by atoms with van der Waals surface area (Å²) in [5.74, 6) is -3.54. The summed E-state index contributed by atoms with van der Waals surface area (Å²) >= 11 is 0. The average molecular weight is 443 g/mol. The van der Waals surface area contributed by atoms with Crippen molar-refractivity contribution in [1.82, 2.24) is 8.87 Å². The molecule has 0 aliphatic heterocycles. The van der Waals surface area contributed by atoms with Gasteiger partial charge in [0.1, 0.15) is 22.2 Å². The number of hydrogen-bond donors (Lipinski definition) is 1.